The van der Waals surface area contributed by atoms with E-state index in [1.54, 1.807) is 5.38 Å². The van der Waals surface area contributed by atoms with Gasteiger partial charge in [0.15, 0.2) is 5.69 Å². The number of aromatic carboxylic acids is 1. The van der Waals surface area contributed by atoms with Crippen molar-refractivity contribution in [3.05, 3.63) is 40.9 Å². The second-order valence-corrected chi connectivity index (χ2v) is 6.70. The number of β-amino-alcohol motifs (C(OH)–C–C–N with tert-alkyl or cyclic N) is 1. The summed E-state index contributed by atoms with van der Waals surface area (Å²) in [5.41, 5.74) is 2.27. The molecule has 1 aliphatic heterocycles. The molecular formula is C17H21N3O3S. The average molecular weight is 347 g/mol. The molecule has 128 valence electrons. The molecule has 7 heteroatoms. The summed E-state index contributed by atoms with van der Waals surface area (Å²) in [4.78, 5) is 19.9. The topological polar surface area (TPSA) is 76.9 Å². The second kappa shape index (κ2) is 7.85. The summed E-state index contributed by atoms with van der Waals surface area (Å²) in [6, 6.07) is 8.05. The summed E-state index contributed by atoms with van der Waals surface area (Å²) in [5.74, 6) is -0.991. The first-order valence-corrected chi connectivity index (χ1v) is 8.88. The molecule has 0 aliphatic carbocycles. The van der Waals surface area contributed by atoms with Crippen molar-refractivity contribution in [2.24, 2.45) is 0 Å². The van der Waals surface area contributed by atoms with Crippen LogP contribution in [0.4, 0.5) is 0 Å². The van der Waals surface area contributed by atoms with Crippen LogP contribution in [0.15, 0.2) is 29.6 Å². The van der Waals surface area contributed by atoms with Gasteiger partial charge in [-0.15, -0.1) is 11.3 Å². The van der Waals surface area contributed by atoms with Crippen LogP contribution in [0.2, 0.25) is 0 Å². The number of carboxylic acids is 1. The highest BCUT2D eigenvalue weighted by atomic mass is 32.1. The van der Waals surface area contributed by atoms with Crippen LogP contribution in [0.1, 0.15) is 16.1 Å². The largest absolute Gasteiger partial charge is 0.476 e. The number of carboxylic acid groups (broad SMARTS) is 1. The molecule has 0 spiro atoms. The van der Waals surface area contributed by atoms with E-state index in [-0.39, 0.29) is 12.3 Å². The predicted octanol–water partition coefficient (Wildman–Crippen LogP) is 1.62. The number of piperazine rings is 1. The number of carbonyl (C=O) groups is 1. The zero-order chi connectivity index (χ0) is 16.9. The minimum absolute atomic E-state index is 0.0995. The van der Waals surface area contributed by atoms with Crippen LogP contribution in [0.25, 0.3) is 10.6 Å². The number of hydrogen-bond acceptors (Lipinski definition) is 6. The molecule has 0 amide bonds. The third-order valence-corrected chi connectivity index (χ3v) is 5.12. The lowest BCUT2D eigenvalue weighted by atomic mass is 10.1. The van der Waals surface area contributed by atoms with Gasteiger partial charge in [0.1, 0.15) is 5.01 Å². The van der Waals surface area contributed by atoms with Crippen LogP contribution in [-0.4, -0.2) is 70.3 Å². The second-order valence-electron chi connectivity index (χ2n) is 5.84. The summed E-state index contributed by atoms with van der Waals surface area (Å²) in [7, 11) is 0. The highest BCUT2D eigenvalue weighted by Gasteiger charge is 2.19. The van der Waals surface area contributed by atoms with Crippen molar-refractivity contribution in [1.82, 2.24) is 14.8 Å². The van der Waals surface area contributed by atoms with Crippen LogP contribution < -0.4 is 0 Å². The first-order chi connectivity index (χ1) is 11.7. The summed E-state index contributed by atoms with van der Waals surface area (Å²) >= 11 is 1.37. The highest BCUT2D eigenvalue weighted by molar-refractivity contribution is 7.13. The summed E-state index contributed by atoms with van der Waals surface area (Å²) in [6.45, 7) is 5.62. The van der Waals surface area contributed by atoms with Gasteiger partial charge in [-0.25, -0.2) is 9.78 Å². The summed E-state index contributed by atoms with van der Waals surface area (Å²) in [6.07, 6.45) is 0. The van der Waals surface area contributed by atoms with Crippen molar-refractivity contribution in [2.75, 3.05) is 39.3 Å². The molecule has 24 heavy (non-hydrogen) atoms. The Labute approximate surface area is 145 Å². The van der Waals surface area contributed by atoms with E-state index in [0.717, 1.165) is 49.8 Å². The zero-order valence-corrected chi connectivity index (χ0v) is 14.2. The molecule has 0 saturated carbocycles. The standard InChI is InChI=1S/C17H21N3O3S/c21-10-9-19-5-7-20(8-6-19)11-13-3-1-2-4-14(13)16-18-15(12-24-16)17(22)23/h1-4,12,21H,5-11H2,(H,22,23). The number of aliphatic hydroxyl groups excluding tert-OH is 1. The zero-order valence-electron chi connectivity index (χ0n) is 13.4. The number of rotatable bonds is 6. The Bertz CT molecular complexity index is 696. The molecular weight excluding hydrogens is 326 g/mol. The molecule has 2 aromatic rings. The fraction of sp³-hybridized carbons (Fsp3) is 0.412. The molecule has 1 fully saturated rings. The normalized spacial score (nSPS) is 16.4. The first kappa shape index (κ1) is 17.0. The average Bonchev–Trinajstić information content (AvgIpc) is 3.08. The van der Waals surface area contributed by atoms with Crippen molar-refractivity contribution < 1.29 is 15.0 Å². The molecule has 1 aromatic heterocycles. The number of thiazole rings is 1. The van der Waals surface area contributed by atoms with Gasteiger partial charge in [-0.3, -0.25) is 9.80 Å². The van der Waals surface area contributed by atoms with E-state index in [4.69, 9.17) is 10.2 Å². The molecule has 2 heterocycles. The van der Waals surface area contributed by atoms with Gasteiger partial charge in [-0.05, 0) is 5.56 Å². The Balaban J connectivity index is 1.72. The van der Waals surface area contributed by atoms with E-state index < -0.39 is 5.97 Å². The lowest BCUT2D eigenvalue weighted by Crippen LogP contribution is -2.46. The molecule has 1 aromatic carbocycles. The number of aromatic nitrogens is 1. The highest BCUT2D eigenvalue weighted by Crippen LogP contribution is 2.28. The monoisotopic (exact) mass is 347 g/mol. The van der Waals surface area contributed by atoms with Gasteiger partial charge < -0.3 is 10.2 Å². The van der Waals surface area contributed by atoms with E-state index in [1.807, 2.05) is 18.2 Å². The summed E-state index contributed by atoms with van der Waals surface area (Å²) < 4.78 is 0. The van der Waals surface area contributed by atoms with E-state index >= 15 is 0 Å². The fourth-order valence-corrected chi connectivity index (χ4v) is 3.77. The van der Waals surface area contributed by atoms with Crippen molar-refractivity contribution >= 4 is 17.3 Å². The Morgan fingerprint density at radius 1 is 1.17 bits per heavy atom. The molecule has 0 bridgehead atoms. The van der Waals surface area contributed by atoms with Gasteiger partial charge >= 0.3 is 5.97 Å². The molecule has 0 unspecified atom stereocenters. The van der Waals surface area contributed by atoms with Gasteiger partial charge in [0.2, 0.25) is 0 Å². The smallest absolute Gasteiger partial charge is 0.355 e. The van der Waals surface area contributed by atoms with E-state index in [2.05, 4.69) is 20.9 Å². The molecule has 1 aliphatic rings. The van der Waals surface area contributed by atoms with E-state index in [9.17, 15) is 4.79 Å². The Kier molecular flexibility index (Phi) is 5.57. The molecule has 1 saturated heterocycles. The van der Waals surface area contributed by atoms with Crippen LogP contribution in [0, 0.1) is 0 Å². The Hall–Kier alpha value is -1.80. The van der Waals surface area contributed by atoms with Gasteiger partial charge in [0, 0.05) is 50.2 Å². The van der Waals surface area contributed by atoms with Gasteiger partial charge in [-0.1, -0.05) is 24.3 Å². The molecule has 3 rings (SSSR count). The van der Waals surface area contributed by atoms with Crippen molar-refractivity contribution in [3.63, 3.8) is 0 Å². The van der Waals surface area contributed by atoms with Gasteiger partial charge in [0.25, 0.3) is 0 Å². The van der Waals surface area contributed by atoms with Crippen molar-refractivity contribution in [1.29, 1.82) is 0 Å². The quantitative estimate of drug-likeness (QED) is 0.827. The minimum atomic E-state index is -0.991. The maximum atomic E-state index is 11.0. The lowest BCUT2D eigenvalue weighted by Gasteiger charge is -2.34. The van der Waals surface area contributed by atoms with Crippen LogP contribution in [0.3, 0.4) is 0 Å². The van der Waals surface area contributed by atoms with Crippen LogP contribution in [-0.2, 0) is 6.54 Å². The first-order valence-electron chi connectivity index (χ1n) is 8.00. The van der Waals surface area contributed by atoms with E-state index in [1.165, 1.54) is 16.9 Å². The molecule has 0 radical (unpaired) electrons. The third kappa shape index (κ3) is 3.99. The number of benzene rings is 1. The van der Waals surface area contributed by atoms with E-state index in [0.29, 0.717) is 0 Å². The maximum absolute atomic E-state index is 11.0. The van der Waals surface area contributed by atoms with Crippen LogP contribution in [0.5, 0.6) is 0 Å². The molecule has 0 atom stereocenters. The maximum Gasteiger partial charge on any atom is 0.355 e. The Morgan fingerprint density at radius 3 is 2.54 bits per heavy atom. The van der Waals surface area contributed by atoms with Gasteiger partial charge in [0.05, 0.1) is 6.61 Å². The minimum Gasteiger partial charge on any atom is -0.476 e. The van der Waals surface area contributed by atoms with Crippen LogP contribution >= 0.6 is 11.3 Å². The SMILES string of the molecule is O=C(O)c1csc(-c2ccccc2CN2CCN(CCO)CC2)n1. The van der Waals surface area contributed by atoms with Gasteiger partial charge in [-0.2, -0.15) is 0 Å². The number of aliphatic hydroxyl groups is 1. The Morgan fingerprint density at radius 2 is 1.88 bits per heavy atom. The molecule has 6 nitrogen and oxygen atoms in total. The van der Waals surface area contributed by atoms with Crippen molar-refractivity contribution in [2.45, 2.75) is 6.54 Å². The summed E-state index contributed by atoms with van der Waals surface area (Å²) in [5, 5.41) is 20.4. The number of hydrogen-bond donors (Lipinski definition) is 2. The predicted molar refractivity (Wildman–Crippen MR) is 93.3 cm³/mol. The third-order valence-electron chi connectivity index (χ3n) is 4.25. The lowest BCUT2D eigenvalue weighted by molar-refractivity contribution is 0.0691. The fourth-order valence-electron chi connectivity index (χ4n) is 2.92. The number of nitrogens with zero attached hydrogens (tertiary/aromatic N) is 3. The molecule has 2 N–H and O–H groups in total. The van der Waals surface area contributed by atoms with Crippen molar-refractivity contribution in [3.8, 4) is 10.6 Å².